The van der Waals surface area contributed by atoms with Crippen molar-refractivity contribution in [3.63, 3.8) is 0 Å². The number of carbonyl (C=O) groups excluding carboxylic acids is 3. The summed E-state index contributed by atoms with van der Waals surface area (Å²) >= 11 is 28.5. The number of hydrogen-bond acceptors (Lipinski definition) is 4. The zero-order valence-electron chi connectivity index (χ0n) is 19.3. The number of hydrogen-bond donors (Lipinski definition) is 0. The predicted octanol–water partition coefficient (Wildman–Crippen LogP) is 7.52. The number of benzene rings is 3. The third-order valence-corrected chi connectivity index (χ3v) is 8.81. The average Bonchev–Trinajstić information content (AvgIpc) is 3.12. The fourth-order valence-electron chi connectivity index (χ4n) is 4.68. The van der Waals surface area contributed by atoms with Crippen LogP contribution in [0.4, 0.5) is 5.69 Å². The maximum atomic E-state index is 13.7. The van der Waals surface area contributed by atoms with Gasteiger partial charge >= 0.3 is 0 Å². The van der Waals surface area contributed by atoms with Crippen LogP contribution in [0.5, 0.6) is 5.75 Å². The molecule has 5 rings (SSSR count). The summed E-state index contributed by atoms with van der Waals surface area (Å²) < 4.78 is 6.24. The van der Waals surface area contributed by atoms with Crippen LogP contribution in [0.15, 0.2) is 46.9 Å². The van der Waals surface area contributed by atoms with E-state index in [-0.39, 0.29) is 31.2 Å². The summed E-state index contributed by atoms with van der Waals surface area (Å²) in [4.78, 5) is 43.3. The molecule has 1 saturated heterocycles. The number of carbonyl (C=O) groups is 3. The lowest BCUT2D eigenvalue weighted by molar-refractivity contribution is -0.130. The molecule has 3 aromatic rings. The minimum Gasteiger partial charge on any atom is -0.494 e. The second-order valence-electron chi connectivity index (χ2n) is 8.54. The van der Waals surface area contributed by atoms with E-state index in [9.17, 15) is 14.4 Å². The zero-order valence-corrected chi connectivity index (χ0v) is 23.9. The Labute approximate surface area is 241 Å². The number of halogens is 5. The van der Waals surface area contributed by atoms with Crippen LogP contribution in [-0.4, -0.2) is 35.3 Å². The number of anilines is 1. The molecular formula is C26H17BrCl4N2O4. The molecule has 3 amide bonds. The molecule has 2 aliphatic rings. The normalized spacial score (nSPS) is 18.8. The molecule has 2 aliphatic heterocycles. The minimum atomic E-state index is -1.15. The number of imide groups is 1. The molecule has 1 fully saturated rings. The van der Waals surface area contributed by atoms with Gasteiger partial charge in [0.15, 0.2) is 0 Å². The molecule has 0 aliphatic carbocycles. The Bertz CT molecular complexity index is 1450. The quantitative estimate of drug-likeness (QED) is 0.125. The van der Waals surface area contributed by atoms with Gasteiger partial charge in [0.1, 0.15) is 11.8 Å². The van der Waals surface area contributed by atoms with E-state index in [4.69, 9.17) is 51.1 Å². The van der Waals surface area contributed by atoms with Gasteiger partial charge in [0.2, 0.25) is 0 Å². The summed E-state index contributed by atoms with van der Waals surface area (Å²) in [5, 5.41) is -0.643. The summed E-state index contributed by atoms with van der Waals surface area (Å²) in [6.07, 6.45) is 0. The fourth-order valence-corrected chi connectivity index (χ4v) is 6.38. The fraction of sp³-hybridized carbons (Fsp3) is 0.192. The Morgan fingerprint density at radius 3 is 1.89 bits per heavy atom. The molecule has 190 valence electrons. The lowest BCUT2D eigenvalue weighted by atomic mass is 9.86. The first-order valence-corrected chi connectivity index (χ1v) is 13.4. The molecule has 0 saturated carbocycles. The van der Waals surface area contributed by atoms with Crippen molar-refractivity contribution in [2.45, 2.75) is 25.9 Å². The van der Waals surface area contributed by atoms with Gasteiger partial charge in [-0.25, -0.2) is 0 Å². The number of nitrogens with zero attached hydrogens (tertiary/aromatic N) is 2. The van der Waals surface area contributed by atoms with Gasteiger partial charge in [-0.2, -0.15) is 0 Å². The molecule has 2 heterocycles. The van der Waals surface area contributed by atoms with Gasteiger partial charge < -0.3 is 4.74 Å². The van der Waals surface area contributed by atoms with E-state index in [0.717, 1.165) is 10.5 Å². The highest BCUT2D eigenvalue weighted by Gasteiger charge is 2.58. The van der Waals surface area contributed by atoms with Gasteiger partial charge in [0.05, 0.1) is 49.6 Å². The number of aryl methyl sites for hydroxylation is 1. The summed E-state index contributed by atoms with van der Waals surface area (Å²) in [6.45, 7) is 4.30. The number of amides is 3. The number of ether oxygens (including phenoxy) is 1. The van der Waals surface area contributed by atoms with Crippen molar-refractivity contribution in [1.29, 1.82) is 0 Å². The van der Waals surface area contributed by atoms with Gasteiger partial charge in [-0.3, -0.25) is 24.2 Å². The molecule has 0 unspecified atom stereocenters. The van der Waals surface area contributed by atoms with Crippen LogP contribution >= 0.6 is 62.3 Å². The zero-order chi connectivity index (χ0) is 26.8. The first-order valence-electron chi connectivity index (χ1n) is 11.1. The van der Waals surface area contributed by atoms with E-state index in [1.165, 1.54) is 0 Å². The van der Waals surface area contributed by atoms with E-state index in [0.29, 0.717) is 28.1 Å². The van der Waals surface area contributed by atoms with Crippen molar-refractivity contribution in [2.75, 3.05) is 11.5 Å². The number of rotatable bonds is 5. The smallest absolute Gasteiger partial charge is 0.264 e. The summed E-state index contributed by atoms with van der Waals surface area (Å²) in [7, 11) is 0. The molecule has 2 atom stereocenters. The van der Waals surface area contributed by atoms with E-state index < -0.39 is 29.8 Å². The highest BCUT2D eigenvalue weighted by molar-refractivity contribution is 9.10. The molecule has 0 N–H and O–H groups in total. The van der Waals surface area contributed by atoms with Crippen molar-refractivity contribution < 1.29 is 19.1 Å². The second kappa shape index (κ2) is 9.79. The SMILES string of the molecule is CCOc1ccc([C@@H]2[C@H](N3C(=O)c4c(Cl)c(Cl)c(Cl)c(Cl)c4C3=O)C(=O)N2c2ccc(C)cc2Br)cc1. The van der Waals surface area contributed by atoms with Crippen LogP contribution in [0.25, 0.3) is 0 Å². The largest absolute Gasteiger partial charge is 0.494 e. The summed E-state index contributed by atoms with van der Waals surface area (Å²) in [5.74, 6) is -1.31. The maximum absolute atomic E-state index is 13.7. The van der Waals surface area contributed by atoms with Gasteiger partial charge in [0.25, 0.3) is 17.7 Å². The van der Waals surface area contributed by atoms with Gasteiger partial charge in [-0.15, -0.1) is 0 Å². The molecule has 37 heavy (non-hydrogen) atoms. The average molecular weight is 643 g/mol. The van der Waals surface area contributed by atoms with Crippen LogP contribution < -0.4 is 9.64 Å². The highest BCUT2D eigenvalue weighted by Crippen LogP contribution is 2.50. The van der Waals surface area contributed by atoms with Crippen LogP contribution in [0, 0.1) is 6.92 Å². The molecule has 0 spiro atoms. The van der Waals surface area contributed by atoms with Crippen LogP contribution in [-0.2, 0) is 4.79 Å². The monoisotopic (exact) mass is 640 g/mol. The van der Waals surface area contributed by atoms with Gasteiger partial charge in [-0.05, 0) is 65.2 Å². The first kappa shape index (κ1) is 26.3. The minimum absolute atomic E-state index is 0.136. The lowest BCUT2D eigenvalue weighted by Gasteiger charge is -2.50. The van der Waals surface area contributed by atoms with Crippen molar-refractivity contribution in [3.8, 4) is 5.75 Å². The van der Waals surface area contributed by atoms with Crippen molar-refractivity contribution in [2.24, 2.45) is 0 Å². The van der Waals surface area contributed by atoms with Crippen molar-refractivity contribution >= 4 is 85.7 Å². The summed E-state index contributed by atoms with van der Waals surface area (Å²) in [5.41, 5.74) is 1.96. The Kier molecular flexibility index (Phi) is 6.96. The van der Waals surface area contributed by atoms with Crippen molar-refractivity contribution in [1.82, 2.24) is 4.90 Å². The van der Waals surface area contributed by atoms with Gasteiger partial charge in [-0.1, -0.05) is 64.6 Å². The van der Waals surface area contributed by atoms with E-state index >= 15 is 0 Å². The third-order valence-electron chi connectivity index (χ3n) is 6.37. The van der Waals surface area contributed by atoms with E-state index in [2.05, 4.69) is 15.9 Å². The molecule has 0 bridgehead atoms. The predicted molar refractivity (Wildman–Crippen MR) is 147 cm³/mol. The second-order valence-corrected chi connectivity index (χ2v) is 10.9. The van der Waals surface area contributed by atoms with Crippen LogP contribution in [0.3, 0.4) is 0 Å². The number of fused-ring (bicyclic) bond motifs is 1. The third kappa shape index (κ3) is 4.03. The van der Waals surface area contributed by atoms with Gasteiger partial charge in [0, 0.05) is 4.47 Å². The highest BCUT2D eigenvalue weighted by atomic mass is 79.9. The molecule has 6 nitrogen and oxygen atoms in total. The molecule has 0 radical (unpaired) electrons. The van der Waals surface area contributed by atoms with Crippen LogP contribution in [0.2, 0.25) is 20.1 Å². The molecule has 3 aromatic carbocycles. The van der Waals surface area contributed by atoms with E-state index in [1.54, 1.807) is 29.2 Å². The number of β-lactam (4-membered cyclic amide) rings is 1. The standard InChI is InChI=1S/C26H17BrCl4N2O4/c1-3-37-13-7-5-12(6-8-13)22-23(26(36)32(22)15-9-4-11(2)10-14(15)27)33-24(34)16-17(25(33)35)19(29)21(31)20(30)18(16)28/h4-10,22-23H,3H2,1-2H3/t22-,23+/m1/s1. The van der Waals surface area contributed by atoms with Crippen molar-refractivity contribution in [3.05, 3.63) is 89.3 Å². The first-order chi connectivity index (χ1) is 17.6. The van der Waals surface area contributed by atoms with E-state index in [1.807, 2.05) is 32.0 Å². The molecule has 0 aromatic heterocycles. The Morgan fingerprint density at radius 1 is 0.811 bits per heavy atom. The Balaban J connectivity index is 1.63. The Hall–Kier alpha value is -2.29. The topological polar surface area (TPSA) is 66.9 Å². The maximum Gasteiger partial charge on any atom is 0.264 e. The van der Waals surface area contributed by atoms with Crippen LogP contribution in [0.1, 0.15) is 44.8 Å². The molecule has 11 heteroatoms. The summed E-state index contributed by atoms with van der Waals surface area (Å²) in [6, 6.07) is 10.9. The Morgan fingerprint density at radius 2 is 1.38 bits per heavy atom. The molecular weight excluding hydrogens is 626 g/mol. The lowest BCUT2D eigenvalue weighted by Crippen LogP contribution is -2.67.